The summed E-state index contributed by atoms with van der Waals surface area (Å²) in [4.78, 5) is 25.1. The predicted octanol–water partition coefficient (Wildman–Crippen LogP) is 2.26. The topological polar surface area (TPSA) is 76.1 Å². The minimum atomic E-state index is -1.04. The molecule has 22 heavy (non-hydrogen) atoms. The van der Waals surface area contributed by atoms with Gasteiger partial charge in [-0.3, -0.25) is 4.90 Å². The zero-order valence-electron chi connectivity index (χ0n) is 13.0. The Balaban J connectivity index is 2.20. The quantitative estimate of drug-likeness (QED) is 0.864. The van der Waals surface area contributed by atoms with Crippen LogP contribution in [0.1, 0.15) is 25.0 Å². The van der Waals surface area contributed by atoms with Crippen LogP contribution in [-0.2, 0) is 27.2 Å². The van der Waals surface area contributed by atoms with Crippen molar-refractivity contribution in [3.8, 4) is 0 Å². The van der Waals surface area contributed by atoms with Crippen LogP contribution < -0.4 is 0 Å². The van der Waals surface area contributed by atoms with Crippen LogP contribution in [0.4, 0.5) is 4.79 Å². The first-order valence-corrected chi connectivity index (χ1v) is 7.23. The van der Waals surface area contributed by atoms with Gasteiger partial charge in [-0.1, -0.05) is 38.1 Å². The predicted molar refractivity (Wildman–Crippen MR) is 79.2 cm³/mol. The molecule has 1 aromatic carbocycles. The molecule has 0 aromatic heterocycles. The van der Waals surface area contributed by atoms with Gasteiger partial charge in [-0.25, -0.2) is 9.59 Å². The second-order valence-corrected chi connectivity index (χ2v) is 5.69. The van der Waals surface area contributed by atoms with E-state index in [0.717, 1.165) is 11.1 Å². The molecule has 0 radical (unpaired) electrons. The molecule has 6 heteroatoms. The summed E-state index contributed by atoms with van der Waals surface area (Å²) in [7, 11) is 1.46. The van der Waals surface area contributed by atoms with Crippen molar-refractivity contribution < 1.29 is 24.2 Å². The zero-order valence-corrected chi connectivity index (χ0v) is 13.0. The van der Waals surface area contributed by atoms with Gasteiger partial charge in [-0.05, 0) is 11.1 Å². The van der Waals surface area contributed by atoms with E-state index in [1.165, 1.54) is 12.0 Å². The number of amides is 1. The van der Waals surface area contributed by atoms with Crippen LogP contribution in [0.3, 0.4) is 0 Å². The lowest BCUT2D eigenvalue weighted by molar-refractivity contribution is -0.147. The van der Waals surface area contributed by atoms with Crippen molar-refractivity contribution in [2.24, 2.45) is 5.92 Å². The average Bonchev–Trinajstić information content (AvgIpc) is 2.50. The van der Waals surface area contributed by atoms with Crippen molar-refractivity contribution >= 4 is 12.1 Å². The number of fused-ring (bicyclic) bond motifs is 1. The molecular formula is C16H21NO5. The van der Waals surface area contributed by atoms with E-state index in [-0.39, 0.29) is 18.9 Å². The van der Waals surface area contributed by atoms with Crippen molar-refractivity contribution in [1.82, 2.24) is 4.90 Å². The maximum Gasteiger partial charge on any atom is 0.413 e. The number of nitrogens with zero attached hydrogens (tertiary/aromatic N) is 1. The molecule has 0 spiro atoms. The standard InChI is InChI=1S/C16H21NO5/c1-10(2)15(21-3)22-16(20)17-9-12-7-5-4-6-11(12)8-13(17)14(18)19/h4-7,10,13,15H,8-9H2,1-3H3,(H,18,19). The summed E-state index contributed by atoms with van der Waals surface area (Å²) >= 11 is 0. The van der Waals surface area contributed by atoms with Gasteiger partial charge in [0.2, 0.25) is 6.29 Å². The summed E-state index contributed by atoms with van der Waals surface area (Å²) in [5.41, 5.74) is 1.89. The fourth-order valence-corrected chi connectivity index (χ4v) is 2.56. The van der Waals surface area contributed by atoms with Gasteiger partial charge in [0.1, 0.15) is 6.04 Å². The number of benzene rings is 1. The first-order valence-electron chi connectivity index (χ1n) is 7.23. The van der Waals surface area contributed by atoms with Crippen LogP contribution in [0.25, 0.3) is 0 Å². The third-order valence-electron chi connectivity index (χ3n) is 3.76. The summed E-state index contributed by atoms with van der Waals surface area (Å²) in [5, 5.41) is 9.40. The Bertz CT molecular complexity index is 557. The lowest BCUT2D eigenvalue weighted by Crippen LogP contribution is -2.50. The third-order valence-corrected chi connectivity index (χ3v) is 3.76. The van der Waals surface area contributed by atoms with E-state index in [4.69, 9.17) is 9.47 Å². The van der Waals surface area contributed by atoms with E-state index >= 15 is 0 Å². The van der Waals surface area contributed by atoms with E-state index in [2.05, 4.69) is 0 Å². The Kier molecular flexibility index (Phi) is 5.03. The molecule has 6 nitrogen and oxygen atoms in total. The van der Waals surface area contributed by atoms with Crippen LogP contribution in [-0.4, -0.2) is 41.5 Å². The molecule has 120 valence electrons. The molecule has 1 amide bonds. The van der Waals surface area contributed by atoms with Crippen LogP contribution in [0, 0.1) is 5.92 Å². The summed E-state index contributed by atoms with van der Waals surface area (Å²) < 4.78 is 10.4. The SMILES string of the molecule is COC(OC(=O)N1Cc2ccccc2CC1C(=O)O)C(C)C. The lowest BCUT2D eigenvalue weighted by atomic mass is 9.94. The van der Waals surface area contributed by atoms with Gasteiger partial charge < -0.3 is 14.6 Å². The molecule has 1 aromatic rings. The van der Waals surface area contributed by atoms with Gasteiger partial charge in [0.25, 0.3) is 0 Å². The highest BCUT2D eigenvalue weighted by atomic mass is 16.7. The highest BCUT2D eigenvalue weighted by Gasteiger charge is 2.36. The molecule has 0 fully saturated rings. The lowest BCUT2D eigenvalue weighted by Gasteiger charge is -2.34. The molecule has 1 aliphatic heterocycles. The molecule has 1 heterocycles. The van der Waals surface area contributed by atoms with E-state index in [1.807, 2.05) is 38.1 Å². The molecule has 0 aliphatic carbocycles. The number of rotatable bonds is 4. The summed E-state index contributed by atoms with van der Waals surface area (Å²) in [5.74, 6) is -1.06. The van der Waals surface area contributed by atoms with Crippen molar-refractivity contribution in [2.75, 3.05) is 7.11 Å². The molecule has 0 saturated heterocycles. The highest BCUT2D eigenvalue weighted by Crippen LogP contribution is 2.25. The minimum Gasteiger partial charge on any atom is -0.480 e. The normalized spacial score (nSPS) is 18.7. The van der Waals surface area contributed by atoms with E-state index in [0.29, 0.717) is 0 Å². The molecule has 1 N–H and O–H groups in total. The molecule has 0 bridgehead atoms. The fraction of sp³-hybridized carbons (Fsp3) is 0.500. The van der Waals surface area contributed by atoms with Crippen molar-refractivity contribution in [3.63, 3.8) is 0 Å². The second-order valence-electron chi connectivity index (χ2n) is 5.69. The number of aliphatic carboxylic acids is 1. The number of methoxy groups -OCH3 is 1. The molecule has 1 aliphatic rings. The Morgan fingerprint density at radius 1 is 1.27 bits per heavy atom. The van der Waals surface area contributed by atoms with Crippen LogP contribution in [0.2, 0.25) is 0 Å². The first-order chi connectivity index (χ1) is 10.4. The summed E-state index contributed by atoms with van der Waals surface area (Å²) in [6.07, 6.45) is -1.08. The molecule has 2 atom stereocenters. The highest BCUT2D eigenvalue weighted by molar-refractivity contribution is 5.81. The molecular weight excluding hydrogens is 286 g/mol. The Hall–Kier alpha value is -2.08. The average molecular weight is 307 g/mol. The van der Waals surface area contributed by atoms with Gasteiger partial charge in [-0.15, -0.1) is 0 Å². The maximum absolute atomic E-state index is 12.4. The monoisotopic (exact) mass is 307 g/mol. The maximum atomic E-state index is 12.4. The Labute approximate surface area is 129 Å². The van der Waals surface area contributed by atoms with Gasteiger partial charge in [-0.2, -0.15) is 0 Å². The fourth-order valence-electron chi connectivity index (χ4n) is 2.56. The van der Waals surface area contributed by atoms with Crippen LogP contribution in [0.15, 0.2) is 24.3 Å². The number of hydrogen-bond donors (Lipinski definition) is 1. The number of hydrogen-bond acceptors (Lipinski definition) is 4. The Morgan fingerprint density at radius 3 is 2.45 bits per heavy atom. The van der Waals surface area contributed by atoms with Crippen molar-refractivity contribution in [3.05, 3.63) is 35.4 Å². The second kappa shape index (κ2) is 6.79. The van der Waals surface area contributed by atoms with Crippen LogP contribution >= 0.6 is 0 Å². The molecule has 2 rings (SSSR count). The van der Waals surface area contributed by atoms with Gasteiger partial charge >= 0.3 is 12.1 Å². The van der Waals surface area contributed by atoms with E-state index in [9.17, 15) is 14.7 Å². The van der Waals surface area contributed by atoms with Gasteiger partial charge in [0.15, 0.2) is 0 Å². The van der Waals surface area contributed by atoms with E-state index < -0.39 is 24.4 Å². The summed E-state index contributed by atoms with van der Waals surface area (Å²) in [6.45, 7) is 3.95. The summed E-state index contributed by atoms with van der Waals surface area (Å²) in [6, 6.07) is 6.59. The van der Waals surface area contributed by atoms with Crippen molar-refractivity contribution in [1.29, 1.82) is 0 Å². The smallest absolute Gasteiger partial charge is 0.413 e. The zero-order chi connectivity index (χ0) is 16.3. The first kappa shape index (κ1) is 16.3. The minimum absolute atomic E-state index is 0.0192. The van der Waals surface area contributed by atoms with Gasteiger partial charge in [0, 0.05) is 19.4 Å². The van der Waals surface area contributed by atoms with Crippen molar-refractivity contribution in [2.45, 2.75) is 39.1 Å². The number of ether oxygens (including phenoxy) is 2. The van der Waals surface area contributed by atoms with Gasteiger partial charge in [0.05, 0.1) is 6.54 Å². The largest absolute Gasteiger partial charge is 0.480 e. The van der Waals surface area contributed by atoms with E-state index in [1.54, 1.807) is 0 Å². The molecule has 0 saturated carbocycles. The number of carboxylic acid groups (broad SMARTS) is 1. The Morgan fingerprint density at radius 2 is 1.91 bits per heavy atom. The molecule has 2 unspecified atom stereocenters. The third kappa shape index (κ3) is 3.39. The van der Waals surface area contributed by atoms with Crippen LogP contribution in [0.5, 0.6) is 0 Å². The number of carbonyl (C=O) groups excluding carboxylic acids is 1. The number of carboxylic acids is 1. The number of carbonyl (C=O) groups is 2.